The topological polar surface area (TPSA) is 23.5 Å². The van der Waals surface area contributed by atoms with E-state index in [1.54, 1.807) is 0 Å². The Balaban J connectivity index is 1.93. The molecule has 1 aliphatic carbocycles. The molecule has 0 amide bonds. The van der Waals surface area contributed by atoms with Crippen molar-refractivity contribution >= 4 is 0 Å². The van der Waals surface area contributed by atoms with Crippen LogP contribution in [0, 0.1) is 0 Å². The van der Waals surface area contributed by atoms with Crippen LogP contribution in [0.15, 0.2) is 36.4 Å². The smallest absolute Gasteiger partial charge is 0.119 e. The Morgan fingerprint density at radius 2 is 1.95 bits per heavy atom. The molecule has 1 unspecified atom stereocenters. The molecule has 0 spiro atoms. The van der Waals surface area contributed by atoms with E-state index in [0.29, 0.717) is 11.8 Å². The Morgan fingerprint density at radius 1 is 1.14 bits per heavy atom. The lowest BCUT2D eigenvalue weighted by Crippen LogP contribution is -2.38. The molecule has 1 aliphatic heterocycles. The molecular formula is C19H21NO. The molecule has 0 saturated carbocycles. The monoisotopic (exact) mass is 279 g/mol. The van der Waals surface area contributed by atoms with Crippen molar-refractivity contribution in [3.8, 4) is 16.9 Å². The Bertz CT molecular complexity index is 692. The van der Waals surface area contributed by atoms with Crippen molar-refractivity contribution in [3.05, 3.63) is 53.1 Å². The van der Waals surface area contributed by atoms with Crippen molar-refractivity contribution in [1.29, 1.82) is 0 Å². The van der Waals surface area contributed by atoms with Crippen LogP contribution in [0.3, 0.4) is 0 Å². The minimum Gasteiger partial charge on any atom is -0.508 e. The van der Waals surface area contributed by atoms with Gasteiger partial charge in [0.1, 0.15) is 5.75 Å². The summed E-state index contributed by atoms with van der Waals surface area (Å²) in [6.07, 6.45) is 3.27. The van der Waals surface area contributed by atoms with Gasteiger partial charge in [-0.1, -0.05) is 37.3 Å². The van der Waals surface area contributed by atoms with Crippen LogP contribution in [0.1, 0.15) is 36.1 Å². The van der Waals surface area contributed by atoms with Crippen LogP contribution >= 0.6 is 0 Å². The van der Waals surface area contributed by atoms with Gasteiger partial charge in [-0.2, -0.15) is 0 Å². The molecule has 0 bridgehead atoms. The summed E-state index contributed by atoms with van der Waals surface area (Å²) in [6, 6.07) is 13.0. The highest BCUT2D eigenvalue weighted by molar-refractivity contribution is 5.77. The number of phenols is 1. The third kappa shape index (κ3) is 1.90. The van der Waals surface area contributed by atoms with Gasteiger partial charge in [-0.05, 0) is 54.1 Å². The first-order valence-corrected chi connectivity index (χ1v) is 7.96. The molecule has 0 saturated heterocycles. The first kappa shape index (κ1) is 12.9. The number of phenolic OH excluding ortho intramolecular Hbond substituents is 1. The van der Waals surface area contributed by atoms with Crippen molar-refractivity contribution in [2.24, 2.45) is 0 Å². The third-order valence-electron chi connectivity index (χ3n) is 4.99. The van der Waals surface area contributed by atoms with Crippen LogP contribution < -0.4 is 0 Å². The Hall–Kier alpha value is -1.80. The Labute approximate surface area is 126 Å². The summed E-state index contributed by atoms with van der Waals surface area (Å²) in [7, 11) is 0. The van der Waals surface area contributed by atoms with Gasteiger partial charge in [0.15, 0.2) is 0 Å². The van der Waals surface area contributed by atoms with Crippen molar-refractivity contribution in [2.75, 3.05) is 13.1 Å². The molecule has 1 atom stereocenters. The minimum atomic E-state index is 0.436. The van der Waals surface area contributed by atoms with Gasteiger partial charge in [-0.25, -0.2) is 0 Å². The number of hydrogen-bond donors (Lipinski definition) is 1. The van der Waals surface area contributed by atoms with E-state index in [1.807, 2.05) is 12.1 Å². The second kappa shape index (κ2) is 4.88. The van der Waals surface area contributed by atoms with E-state index in [-0.39, 0.29) is 0 Å². The highest BCUT2D eigenvalue weighted by Crippen LogP contribution is 2.47. The molecule has 1 heterocycles. The van der Waals surface area contributed by atoms with Crippen LogP contribution in [0.25, 0.3) is 11.1 Å². The van der Waals surface area contributed by atoms with Gasteiger partial charge in [-0.3, -0.25) is 4.90 Å². The van der Waals surface area contributed by atoms with Crippen molar-refractivity contribution < 1.29 is 5.11 Å². The predicted molar refractivity (Wildman–Crippen MR) is 85.6 cm³/mol. The summed E-state index contributed by atoms with van der Waals surface area (Å²) in [6.45, 7) is 4.52. The summed E-state index contributed by atoms with van der Waals surface area (Å²) in [5.41, 5.74) is 6.68. The Kier molecular flexibility index (Phi) is 3.00. The van der Waals surface area contributed by atoms with Crippen LogP contribution in [-0.2, 0) is 12.8 Å². The third-order valence-corrected chi connectivity index (χ3v) is 4.99. The fourth-order valence-electron chi connectivity index (χ4n) is 4.08. The predicted octanol–water partition coefficient (Wildman–Crippen LogP) is 3.92. The molecule has 2 nitrogen and oxygen atoms in total. The van der Waals surface area contributed by atoms with Gasteiger partial charge in [0.05, 0.1) is 0 Å². The molecule has 108 valence electrons. The second-order valence-corrected chi connectivity index (χ2v) is 6.19. The van der Waals surface area contributed by atoms with E-state index < -0.39 is 0 Å². The number of nitrogens with zero attached hydrogens (tertiary/aromatic N) is 1. The first-order chi connectivity index (χ1) is 10.3. The van der Waals surface area contributed by atoms with E-state index >= 15 is 0 Å². The van der Waals surface area contributed by atoms with E-state index in [0.717, 1.165) is 31.5 Å². The molecule has 1 N–H and O–H groups in total. The average molecular weight is 279 g/mol. The molecular weight excluding hydrogens is 258 g/mol. The van der Waals surface area contributed by atoms with Crippen LogP contribution in [0.5, 0.6) is 5.75 Å². The fraction of sp³-hybridized carbons (Fsp3) is 0.368. The highest BCUT2D eigenvalue weighted by Gasteiger charge is 2.34. The van der Waals surface area contributed by atoms with Gasteiger partial charge in [0.25, 0.3) is 0 Å². The van der Waals surface area contributed by atoms with E-state index in [2.05, 4.69) is 36.1 Å². The standard InChI is InChI=1S/C19H21NO/c1-2-10-20-11-9-13-5-3-7-15-14-6-4-8-18(21)16(14)12-17(20)19(13)15/h3-8,17,21H,2,9-12H2,1H3. The lowest BCUT2D eigenvalue weighted by molar-refractivity contribution is 0.182. The summed E-state index contributed by atoms with van der Waals surface area (Å²) in [5.74, 6) is 0.450. The molecule has 4 rings (SSSR count). The molecule has 0 fully saturated rings. The SMILES string of the molecule is CCCN1CCc2cccc3c2C1Cc1c(O)cccc1-3. The summed E-state index contributed by atoms with van der Waals surface area (Å²) in [4.78, 5) is 2.60. The van der Waals surface area contributed by atoms with Crippen LogP contribution in [0.4, 0.5) is 0 Å². The maximum absolute atomic E-state index is 10.3. The molecule has 0 aromatic heterocycles. The summed E-state index contributed by atoms with van der Waals surface area (Å²) < 4.78 is 0. The molecule has 21 heavy (non-hydrogen) atoms. The largest absolute Gasteiger partial charge is 0.508 e. The lowest BCUT2D eigenvalue weighted by atomic mass is 9.77. The number of hydrogen-bond acceptors (Lipinski definition) is 2. The minimum absolute atomic E-state index is 0.436. The van der Waals surface area contributed by atoms with Gasteiger partial charge >= 0.3 is 0 Å². The van der Waals surface area contributed by atoms with E-state index in [9.17, 15) is 5.11 Å². The van der Waals surface area contributed by atoms with Crippen LogP contribution in [-0.4, -0.2) is 23.1 Å². The summed E-state index contributed by atoms with van der Waals surface area (Å²) >= 11 is 0. The Morgan fingerprint density at radius 3 is 2.81 bits per heavy atom. The number of fused-ring (bicyclic) bond motifs is 2. The van der Waals surface area contributed by atoms with E-state index in [4.69, 9.17) is 0 Å². The quantitative estimate of drug-likeness (QED) is 0.900. The zero-order valence-electron chi connectivity index (χ0n) is 12.5. The number of aromatic hydroxyl groups is 1. The second-order valence-electron chi connectivity index (χ2n) is 6.19. The molecule has 2 aromatic rings. The lowest BCUT2D eigenvalue weighted by Gasteiger charge is -2.41. The first-order valence-electron chi connectivity index (χ1n) is 7.96. The average Bonchev–Trinajstić information content (AvgIpc) is 2.51. The zero-order valence-corrected chi connectivity index (χ0v) is 12.5. The van der Waals surface area contributed by atoms with Gasteiger partial charge in [0, 0.05) is 18.2 Å². The van der Waals surface area contributed by atoms with Crippen molar-refractivity contribution in [3.63, 3.8) is 0 Å². The zero-order chi connectivity index (χ0) is 14.4. The summed E-state index contributed by atoms with van der Waals surface area (Å²) in [5, 5.41) is 10.3. The molecule has 0 radical (unpaired) electrons. The molecule has 2 aliphatic rings. The fourth-order valence-corrected chi connectivity index (χ4v) is 4.08. The molecule has 2 aromatic carbocycles. The maximum atomic E-state index is 10.3. The van der Waals surface area contributed by atoms with Gasteiger partial charge in [-0.15, -0.1) is 0 Å². The van der Waals surface area contributed by atoms with Crippen molar-refractivity contribution in [1.82, 2.24) is 4.90 Å². The van der Waals surface area contributed by atoms with E-state index in [1.165, 1.54) is 28.7 Å². The number of rotatable bonds is 2. The van der Waals surface area contributed by atoms with Gasteiger partial charge < -0.3 is 5.11 Å². The maximum Gasteiger partial charge on any atom is 0.119 e. The highest BCUT2D eigenvalue weighted by atomic mass is 16.3. The molecule has 2 heteroatoms. The number of benzene rings is 2. The van der Waals surface area contributed by atoms with Crippen molar-refractivity contribution in [2.45, 2.75) is 32.2 Å². The van der Waals surface area contributed by atoms with Crippen LogP contribution in [0.2, 0.25) is 0 Å². The normalized spacial score (nSPS) is 20.0. The van der Waals surface area contributed by atoms with Gasteiger partial charge in [0.2, 0.25) is 0 Å².